The van der Waals surface area contributed by atoms with Gasteiger partial charge in [0.05, 0.1) is 5.54 Å². The van der Waals surface area contributed by atoms with Crippen molar-refractivity contribution >= 4 is 5.91 Å². The maximum atomic E-state index is 13.1. The van der Waals surface area contributed by atoms with Gasteiger partial charge in [0.15, 0.2) is 0 Å². The van der Waals surface area contributed by atoms with Crippen molar-refractivity contribution in [2.45, 2.75) is 45.2 Å². The maximum absolute atomic E-state index is 13.1. The van der Waals surface area contributed by atoms with Crippen LogP contribution in [0, 0.1) is 5.82 Å². The molecule has 3 N–H and O–H groups in total. The normalized spacial score (nSPS) is 16.0. The van der Waals surface area contributed by atoms with E-state index in [4.69, 9.17) is 5.73 Å². The molecule has 1 rings (SSSR count). The molecular weight excluding hydrogens is 231 g/mol. The van der Waals surface area contributed by atoms with Gasteiger partial charge in [-0.05, 0) is 44.4 Å². The molecule has 18 heavy (non-hydrogen) atoms. The highest BCUT2D eigenvalue weighted by Gasteiger charge is 2.32. The molecule has 1 amide bonds. The first kappa shape index (κ1) is 14.6. The Labute approximate surface area is 108 Å². The smallest absolute Gasteiger partial charge is 0.237 e. The molecule has 0 fully saturated rings. The second-order valence-corrected chi connectivity index (χ2v) is 4.96. The Bertz CT molecular complexity index is 422. The van der Waals surface area contributed by atoms with Crippen LogP contribution in [0.15, 0.2) is 24.3 Å². The molecule has 2 atom stereocenters. The van der Waals surface area contributed by atoms with Gasteiger partial charge in [-0.3, -0.25) is 4.79 Å². The number of hydrogen-bond donors (Lipinski definition) is 2. The standard InChI is InChI=1S/C14H21FN2O/c1-4-10(2)17-14(3,13(16)18)9-11-6-5-7-12(15)8-11/h5-8,10,17H,4,9H2,1-3H3,(H2,16,18). The SMILES string of the molecule is CCC(C)NC(C)(Cc1cccc(F)c1)C(N)=O. The molecule has 0 aromatic heterocycles. The molecule has 0 heterocycles. The second kappa shape index (κ2) is 5.96. The molecule has 0 spiro atoms. The fraction of sp³-hybridized carbons (Fsp3) is 0.500. The van der Waals surface area contributed by atoms with E-state index in [0.29, 0.717) is 6.42 Å². The van der Waals surface area contributed by atoms with Gasteiger partial charge in [-0.1, -0.05) is 19.1 Å². The van der Waals surface area contributed by atoms with Crippen LogP contribution in [0.2, 0.25) is 0 Å². The van der Waals surface area contributed by atoms with Crippen LogP contribution < -0.4 is 11.1 Å². The van der Waals surface area contributed by atoms with Crippen molar-refractivity contribution < 1.29 is 9.18 Å². The molecule has 0 aliphatic rings. The highest BCUT2D eigenvalue weighted by atomic mass is 19.1. The largest absolute Gasteiger partial charge is 0.368 e. The Morgan fingerprint density at radius 3 is 2.72 bits per heavy atom. The number of hydrogen-bond acceptors (Lipinski definition) is 2. The van der Waals surface area contributed by atoms with E-state index in [1.54, 1.807) is 19.1 Å². The van der Waals surface area contributed by atoms with Gasteiger partial charge in [0.1, 0.15) is 5.82 Å². The zero-order valence-electron chi connectivity index (χ0n) is 11.2. The van der Waals surface area contributed by atoms with Crippen molar-refractivity contribution in [3.8, 4) is 0 Å². The Kier molecular flexibility index (Phi) is 4.84. The van der Waals surface area contributed by atoms with Gasteiger partial charge in [0.2, 0.25) is 5.91 Å². The molecule has 4 heteroatoms. The van der Waals surface area contributed by atoms with Crippen LogP contribution in [-0.2, 0) is 11.2 Å². The van der Waals surface area contributed by atoms with E-state index in [-0.39, 0.29) is 11.9 Å². The molecule has 0 saturated carbocycles. The van der Waals surface area contributed by atoms with Crippen molar-refractivity contribution in [1.29, 1.82) is 0 Å². The summed E-state index contributed by atoms with van der Waals surface area (Å²) < 4.78 is 13.1. The van der Waals surface area contributed by atoms with Gasteiger partial charge >= 0.3 is 0 Å². The average molecular weight is 252 g/mol. The van der Waals surface area contributed by atoms with Crippen LogP contribution in [0.5, 0.6) is 0 Å². The Balaban J connectivity index is 2.89. The monoisotopic (exact) mass is 252 g/mol. The summed E-state index contributed by atoms with van der Waals surface area (Å²) in [6.07, 6.45) is 1.27. The number of nitrogens with one attached hydrogen (secondary N) is 1. The Hall–Kier alpha value is -1.42. The minimum atomic E-state index is -0.858. The van der Waals surface area contributed by atoms with Gasteiger partial charge in [0, 0.05) is 6.04 Å². The quantitative estimate of drug-likeness (QED) is 0.813. The summed E-state index contributed by atoms with van der Waals surface area (Å²) in [7, 11) is 0. The van der Waals surface area contributed by atoms with E-state index < -0.39 is 11.4 Å². The van der Waals surface area contributed by atoms with Gasteiger partial charge in [-0.25, -0.2) is 4.39 Å². The molecule has 3 nitrogen and oxygen atoms in total. The fourth-order valence-electron chi connectivity index (χ4n) is 1.91. The predicted octanol–water partition coefficient (Wildman–Crippen LogP) is 2.00. The van der Waals surface area contributed by atoms with Crippen molar-refractivity contribution in [2.75, 3.05) is 0 Å². The molecule has 100 valence electrons. The zero-order valence-corrected chi connectivity index (χ0v) is 11.2. The minimum Gasteiger partial charge on any atom is -0.368 e. The summed E-state index contributed by atoms with van der Waals surface area (Å²) in [4.78, 5) is 11.6. The lowest BCUT2D eigenvalue weighted by atomic mass is 9.91. The zero-order chi connectivity index (χ0) is 13.8. The van der Waals surface area contributed by atoms with E-state index in [0.717, 1.165) is 12.0 Å². The van der Waals surface area contributed by atoms with E-state index in [1.807, 2.05) is 13.8 Å². The number of halogens is 1. The van der Waals surface area contributed by atoms with Gasteiger partial charge in [0.25, 0.3) is 0 Å². The molecule has 0 aliphatic heterocycles. The number of amides is 1. The highest BCUT2D eigenvalue weighted by molar-refractivity contribution is 5.84. The van der Waals surface area contributed by atoms with E-state index in [2.05, 4.69) is 5.32 Å². The highest BCUT2D eigenvalue weighted by Crippen LogP contribution is 2.15. The number of carbonyl (C=O) groups excluding carboxylic acids is 1. The van der Waals surface area contributed by atoms with Crippen LogP contribution in [0.4, 0.5) is 4.39 Å². The van der Waals surface area contributed by atoms with Crippen LogP contribution in [0.1, 0.15) is 32.8 Å². The summed E-state index contributed by atoms with van der Waals surface area (Å²) in [5.41, 5.74) is 5.36. The molecule has 0 aliphatic carbocycles. The number of primary amides is 1. The average Bonchev–Trinajstić information content (AvgIpc) is 2.28. The Morgan fingerprint density at radius 1 is 1.56 bits per heavy atom. The summed E-state index contributed by atoms with van der Waals surface area (Å²) in [6, 6.07) is 6.42. The number of benzene rings is 1. The second-order valence-electron chi connectivity index (χ2n) is 4.96. The first-order valence-corrected chi connectivity index (χ1v) is 6.19. The third kappa shape index (κ3) is 3.81. The van der Waals surface area contributed by atoms with Gasteiger partial charge in [-0.15, -0.1) is 0 Å². The summed E-state index contributed by atoms with van der Waals surface area (Å²) in [5.74, 6) is -0.727. The predicted molar refractivity (Wildman–Crippen MR) is 70.6 cm³/mol. The summed E-state index contributed by atoms with van der Waals surface area (Å²) in [6.45, 7) is 5.78. The molecule has 1 aromatic carbocycles. The van der Waals surface area contributed by atoms with Crippen LogP contribution >= 0.6 is 0 Å². The van der Waals surface area contributed by atoms with Crippen molar-refractivity contribution in [3.05, 3.63) is 35.6 Å². The first-order chi connectivity index (χ1) is 8.37. The molecule has 0 saturated heterocycles. The van der Waals surface area contributed by atoms with Crippen LogP contribution in [0.3, 0.4) is 0 Å². The third-order valence-corrected chi connectivity index (χ3v) is 3.17. The molecule has 1 aromatic rings. The van der Waals surface area contributed by atoms with E-state index in [1.165, 1.54) is 12.1 Å². The van der Waals surface area contributed by atoms with Gasteiger partial charge in [-0.2, -0.15) is 0 Å². The summed E-state index contributed by atoms with van der Waals surface area (Å²) in [5, 5.41) is 3.21. The van der Waals surface area contributed by atoms with Gasteiger partial charge < -0.3 is 11.1 Å². The minimum absolute atomic E-state index is 0.177. The van der Waals surface area contributed by atoms with Crippen molar-refractivity contribution in [3.63, 3.8) is 0 Å². The lowest BCUT2D eigenvalue weighted by Crippen LogP contribution is -2.57. The topological polar surface area (TPSA) is 55.1 Å². The van der Waals surface area contributed by atoms with Crippen LogP contribution in [-0.4, -0.2) is 17.5 Å². The molecule has 0 bridgehead atoms. The van der Waals surface area contributed by atoms with E-state index in [9.17, 15) is 9.18 Å². The lowest BCUT2D eigenvalue weighted by Gasteiger charge is -2.31. The third-order valence-electron chi connectivity index (χ3n) is 3.17. The molecular formula is C14H21FN2O. The van der Waals surface area contributed by atoms with Crippen molar-refractivity contribution in [2.24, 2.45) is 5.73 Å². The van der Waals surface area contributed by atoms with Crippen LogP contribution in [0.25, 0.3) is 0 Å². The lowest BCUT2D eigenvalue weighted by molar-refractivity contribution is -0.124. The number of rotatable bonds is 6. The molecule has 0 radical (unpaired) electrons. The molecule has 2 unspecified atom stereocenters. The summed E-state index contributed by atoms with van der Waals surface area (Å²) >= 11 is 0. The Morgan fingerprint density at radius 2 is 2.22 bits per heavy atom. The number of nitrogens with two attached hydrogens (primary N) is 1. The number of carbonyl (C=O) groups is 1. The maximum Gasteiger partial charge on any atom is 0.237 e. The van der Waals surface area contributed by atoms with Crippen molar-refractivity contribution in [1.82, 2.24) is 5.32 Å². The fourth-order valence-corrected chi connectivity index (χ4v) is 1.91. The first-order valence-electron chi connectivity index (χ1n) is 6.19. The van der Waals surface area contributed by atoms with E-state index >= 15 is 0 Å².